The third-order valence-corrected chi connectivity index (χ3v) is 6.62. The molecule has 1 N–H and O–H groups in total. The third kappa shape index (κ3) is 4.79. The quantitative estimate of drug-likeness (QED) is 0.237. The van der Waals surface area contributed by atoms with E-state index in [1.54, 1.807) is 37.4 Å². The van der Waals surface area contributed by atoms with E-state index in [-0.39, 0.29) is 21.8 Å². The van der Waals surface area contributed by atoms with E-state index >= 15 is 0 Å². The van der Waals surface area contributed by atoms with Crippen LogP contribution >= 0.6 is 11.6 Å². The summed E-state index contributed by atoms with van der Waals surface area (Å²) in [5.74, 6) is -1.50. The first kappa shape index (κ1) is 26.2. The molecule has 6 nitrogen and oxygen atoms in total. The van der Waals surface area contributed by atoms with Gasteiger partial charge in [-0.2, -0.15) is 0 Å². The van der Waals surface area contributed by atoms with Crippen LogP contribution in [0.1, 0.15) is 43.5 Å². The summed E-state index contributed by atoms with van der Waals surface area (Å²) < 4.78 is 24.5. The number of carbonyl (C=O) groups excluding carboxylic acids is 2. The predicted octanol–water partition coefficient (Wildman–Crippen LogP) is 6.42. The number of nitrogens with zero attached hydrogens (tertiary/aromatic N) is 1. The van der Waals surface area contributed by atoms with E-state index < -0.39 is 23.5 Å². The van der Waals surface area contributed by atoms with E-state index in [1.165, 1.54) is 42.3 Å². The van der Waals surface area contributed by atoms with E-state index in [1.807, 2.05) is 20.8 Å². The summed E-state index contributed by atoms with van der Waals surface area (Å²) >= 11 is 6.32. The summed E-state index contributed by atoms with van der Waals surface area (Å²) in [5.41, 5.74) is 1.49. The predicted molar refractivity (Wildman–Crippen MR) is 141 cm³/mol. The van der Waals surface area contributed by atoms with Gasteiger partial charge in [0.25, 0.3) is 11.7 Å². The van der Waals surface area contributed by atoms with E-state index in [4.69, 9.17) is 21.1 Å². The molecule has 37 heavy (non-hydrogen) atoms. The van der Waals surface area contributed by atoms with Crippen molar-refractivity contribution in [2.24, 2.45) is 0 Å². The minimum Gasteiger partial charge on any atom is -0.507 e. The standard InChI is InChI=1S/C29H27ClFNO5/c1-29(2,3)20-14-17(8-12-22(20)36-4)26(33)24-25(16-6-9-18(31)10-7-16)32(28(35)27(24)34)19-11-13-23(37-5)21(30)15-19/h6-15,25,33H,1-5H3/b26-24-. The molecule has 1 aliphatic rings. The number of rotatable bonds is 5. The molecule has 192 valence electrons. The molecule has 8 heteroatoms. The van der Waals surface area contributed by atoms with Crippen LogP contribution in [0.2, 0.25) is 5.02 Å². The van der Waals surface area contributed by atoms with Gasteiger partial charge < -0.3 is 14.6 Å². The van der Waals surface area contributed by atoms with Crippen molar-refractivity contribution in [3.05, 3.63) is 93.8 Å². The number of methoxy groups -OCH3 is 2. The Morgan fingerprint density at radius 3 is 2.14 bits per heavy atom. The molecule has 3 aromatic carbocycles. The van der Waals surface area contributed by atoms with Crippen LogP contribution in [-0.4, -0.2) is 31.0 Å². The highest BCUT2D eigenvalue weighted by atomic mass is 35.5. The molecule has 1 aliphatic heterocycles. The highest BCUT2D eigenvalue weighted by Gasteiger charge is 2.47. The molecule has 1 atom stereocenters. The van der Waals surface area contributed by atoms with Gasteiger partial charge in [-0.1, -0.05) is 44.5 Å². The average molecular weight is 524 g/mol. The number of anilines is 1. The summed E-state index contributed by atoms with van der Waals surface area (Å²) in [6.07, 6.45) is 0. The van der Waals surface area contributed by atoms with Crippen molar-refractivity contribution in [1.29, 1.82) is 0 Å². The maximum atomic E-state index is 13.8. The Bertz CT molecular complexity index is 1410. The molecule has 1 saturated heterocycles. The molecule has 0 bridgehead atoms. The third-order valence-electron chi connectivity index (χ3n) is 6.32. The fourth-order valence-corrected chi connectivity index (χ4v) is 4.71. The highest BCUT2D eigenvalue weighted by molar-refractivity contribution is 6.51. The van der Waals surface area contributed by atoms with Gasteiger partial charge in [0.1, 0.15) is 23.1 Å². The summed E-state index contributed by atoms with van der Waals surface area (Å²) in [7, 11) is 3.02. The first-order valence-electron chi connectivity index (χ1n) is 11.6. The fourth-order valence-electron chi connectivity index (χ4n) is 4.46. The van der Waals surface area contributed by atoms with Crippen molar-refractivity contribution >= 4 is 34.7 Å². The monoisotopic (exact) mass is 523 g/mol. The number of aliphatic hydroxyl groups is 1. The topological polar surface area (TPSA) is 76.1 Å². The van der Waals surface area contributed by atoms with Gasteiger partial charge in [-0.15, -0.1) is 0 Å². The largest absolute Gasteiger partial charge is 0.507 e. The Labute approximate surface area is 219 Å². The van der Waals surface area contributed by atoms with Crippen molar-refractivity contribution in [1.82, 2.24) is 0 Å². The molecule has 1 unspecified atom stereocenters. The Hall–Kier alpha value is -3.84. The Kier molecular flexibility index (Phi) is 7.02. The fraction of sp³-hybridized carbons (Fsp3) is 0.241. The van der Waals surface area contributed by atoms with Crippen LogP contribution in [0.25, 0.3) is 5.76 Å². The van der Waals surface area contributed by atoms with Crippen molar-refractivity contribution < 1.29 is 28.6 Å². The average Bonchev–Trinajstić information content (AvgIpc) is 3.13. The van der Waals surface area contributed by atoms with Crippen molar-refractivity contribution in [3.63, 3.8) is 0 Å². The number of amides is 1. The molecule has 4 rings (SSSR count). The molecular formula is C29H27ClFNO5. The number of hydrogen-bond donors (Lipinski definition) is 1. The number of ketones is 1. The van der Waals surface area contributed by atoms with Crippen molar-refractivity contribution in [3.8, 4) is 11.5 Å². The maximum absolute atomic E-state index is 13.8. The zero-order valence-electron chi connectivity index (χ0n) is 21.1. The summed E-state index contributed by atoms with van der Waals surface area (Å²) in [6.45, 7) is 6.00. The van der Waals surface area contributed by atoms with E-state index in [2.05, 4.69) is 0 Å². The smallest absolute Gasteiger partial charge is 0.300 e. The number of halogens is 2. The van der Waals surface area contributed by atoms with Gasteiger partial charge in [0, 0.05) is 16.8 Å². The lowest BCUT2D eigenvalue weighted by Gasteiger charge is -2.26. The van der Waals surface area contributed by atoms with Gasteiger partial charge in [0.15, 0.2) is 0 Å². The molecule has 1 heterocycles. The molecule has 0 saturated carbocycles. The minimum absolute atomic E-state index is 0.117. The second-order valence-corrected chi connectivity index (χ2v) is 10.1. The van der Waals surface area contributed by atoms with Crippen LogP contribution < -0.4 is 14.4 Å². The molecule has 0 radical (unpaired) electrons. The summed E-state index contributed by atoms with van der Waals surface area (Å²) in [6, 6.07) is 14.2. The number of Topliss-reactive ketones (excluding diaryl/α,β-unsaturated/α-hetero) is 1. The molecule has 1 fully saturated rings. The Balaban J connectivity index is 1.95. The van der Waals surface area contributed by atoms with Gasteiger partial charge in [0.2, 0.25) is 0 Å². The lowest BCUT2D eigenvalue weighted by atomic mass is 9.84. The number of hydrogen-bond acceptors (Lipinski definition) is 5. The summed E-state index contributed by atoms with van der Waals surface area (Å²) in [5, 5.41) is 11.7. The molecule has 3 aromatic rings. The van der Waals surface area contributed by atoms with Crippen LogP contribution in [0, 0.1) is 5.82 Å². The molecule has 1 amide bonds. The van der Waals surface area contributed by atoms with Gasteiger partial charge >= 0.3 is 0 Å². The highest BCUT2D eigenvalue weighted by Crippen LogP contribution is 2.44. The lowest BCUT2D eigenvalue weighted by molar-refractivity contribution is -0.132. The second-order valence-electron chi connectivity index (χ2n) is 9.70. The van der Waals surface area contributed by atoms with E-state index in [0.29, 0.717) is 28.3 Å². The molecule has 0 spiro atoms. The molecular weight excluding hydrogens is 497 g/mol. The van der Waals surface area contributed by atoms with Crippen LogP contribution in [0.15, 0.2) is 66.2 Å². The van der Waals surface area contributed by atoms with Crippen LogP contribution in [0.4, 0.5) is 10.1 Å². The lowest BCUT2D eigenvalue weighted by Crippen LogP contribution is -2.29. The van der Waals surface area contributed by atoms with Gasteiger partial charge in [-0.05, 0) is 59.5 Å². The number of aliphatic hydroxyl groups excluding tert-OH is 1. The van der Waals surface area contributed by atoms with E-state index in [9.17, 15) is 19.1 Å². The summed E-state index contributed by atoms with van der Waals surface area (Å²) in [4.78, 5) is 28.0. The first-order chi connectivity index (χ1) is 17.5. The molecule has 0 aliphatic carbocycles. The van der Waals surface area contributed by atoms with Gasteiger partial charge in [-0.3, -0.25) is 14.5 Å². The van der Waals surface area contributed by atoms with Crippen LogP contribution in [-0.2, 0) is 15.0 Å². The number of ether oxygens (including phenoxy) is 2. The Morgan fingerprint density at radius 2 is 1.57 bits per heavy atom. The van der Waals surface area contributed by atoms with Crippen LogP contribution in [0.5, 0.6) is 11.5 Å². The minimum atomic E-state index is -1.02. The van der Waals surface area contributed by atoms with Gasteiger partial charge in [0.05, 0.1) is 30.9 Å². The Morgan fingerprint density at radius 1 is 0.946 bits per heavy atom. The second kappa shape index (κ2) is 9.90. The zero-order chi connectivity index (χ0) is 27.1. The van der Waals surface area contributed by atoms with Gasteiger partial charge in [-0.25, -0.2) is 4.39 Å². The number of carbonyl (C=O) groups is 2. The maximum Gasteiger partial charge on any atom is 0.300 e. The normalized spacial score (nSPS) is 17.3. The first-order valence-corrected chi connectivity index (χ1v) is 11.9. The zero-order valence-corrected chi connectivity index (χ0v) is 21.9. The van der Waals surface area contributed by atoms with Crippen LogP contribution in [0.3, 0.4) is 0 Å². The van der Waals surface area contributed by atoms with Crippen molar-refractivity contribution in [2.75, 3.05) is 19.1 Å². The van der Waals surface area contributed by atoms with E-state index in [0.717, 1.165) is 5.56 Å². The molecule has 0 aromatic heterocycles. The van der Waals surface area contributed by atoms with Crippen molar-refractivity contribution in [2.45, 2.75) is 32.2 Å². The SMILES string of the molecule is COc1ccc(N2C(=O)C(=O)/C(=C(\O)c3ccc(OC)c(C(C)(C)C)c3)C2c2ccc(F)cc2)cc1Cl. The number of benzene rings is 3.